The predicted molar refractivity (Wildman–Crippen MR) is 249 cm³/mol. The molecule has 1 aliphatic rings. The van der Waals surface area contributed by atoms with Crippen molar-refractivity contribution in [2.75, 3.05) is 20.3 Å². The lowest BCUT2D eigenvalue weighted by Crippen LogP contribution is -2.78. The van der Waals surface area contributed by atoms with Gasteiger partial charge >= 0.3 is 0 Å². The van der Waals surface area contributed by atoms with E-state index in [0.29, 0.717) is 39.3 Å². The predicted octanol–water partition coefficient (Wildman–Crippen LogP) is 6.35. The van der Waals surface area contributed by atoms with E-state index in [1.165, 1.54) is 7.11 Å². The summed E-state index contributed by atoms with van der Waals surface area (Å²) in [7, 11) is 1.53. The summed E-state index contributed by atoms with van der Waals surface area (Å²) < 4.78 is 25.4. The van der Waals surface area contributed by atoms with Crippen molar-refractivity contribution in [3.05, 3.63) is 214 Å². The molecule has 13 heteroatoms. The molecule has 1 fully saturated rings. The monoisotopic (exact) mass is 895 g/mol. The van der Waals surface area contributed by atoms with Gasteiger partial charge in [-0.1, -0.05) is 157 Å². The molecular formula is C53H57N3O10. The van der Waals surface area contributed by atoms with Crippen LogP contribution in [0.5, 0.6) is 11.5 Å². The van der Waals surface area contributed by atoms with Crippen molar-refractivity contribution >= 4 is 0 Å². The Labute approximate surface area is 384 Å². The van der Waals surface area contributed by atoms with E-state index in [4.69, 9.17) is 18.9 Å². The van der Waals surface area contributed by atoms with Gasteiger partial charge in [-0.2, -0.15) is 0 Å². The standard InChI is InChI=1S/C53H57N3O10/c1-63-43-27-29-44(30-28-43)64-36-46(51(60,33-40-21-11-4-12-22-40)50(59,37-57)32-39-19-9-3-10-20-39)65-49-47(55-56-54)52(61,34-41-23-13-5-14-24-41)53(62,35-42-25-15-6-16-26-42)48(66-49)45(58)31-38-17-7-2-8-18-38/h2-30,45-49,57-62H,31-37H2,1H3/t45?,46?,47-,48+,49-,50?,51?,52+,53+/m0/s1. The third kappa shape index (κ3) is 10.6. The molecule has 344 valence electrons. The zero-order chi connectivity index (χ0) is 46.6. The van der Waals surface area contributed by atoms with Gasteiger partial charge in [-0.3, -0.25) is 0 Å². The van der Waals surface area contributed by atoms with Gasteiger partial charge in [-0.15, -0.1) is 0 Å². The fraction of sp³-hybridized carbons (Fsp3) is 0.321. The largest absolute Gasteiger partial charge is 0.497 e. The molecular weight excluding hydrogens is 839 g/mol. The van der Waals surface area contributed by atoms with Crippen LogP contribution in [0.4, 0.5) is 0 Å². The van der Waals surface area contributed by atoms with E-state index in [0.717, 1.165) is 0 Å². The SMILES string of the molecule is COc1ccc(OCC(O[C@H]2O[C@H](C(O)Cc3ccccc3)[C@](O)(Cc3ccccc3)[C@@](O)(Cc3ccccc3)[C@H]2N=[N+]=[N-])C(O)(Cc2ccccc2)C(O)(CO)Cc2ccccc2)cc1. The molecule has 9 atom stereocenters. The van der Waals surface area contributed by atoms with Gasteiger partial charge in [-0.05, 0) is 57.6 Å². The number of ether oxygens (including phenoxy) is 4. The lowest BCUT2D eigenvalue weighted by Gasteiger charge is -2.58. The summed E-state index contributed by atoms with van der Waals surface area (Å²) in [6.07, 6.45) is -7.84. The van der Waals surface area contributed by atoms with Gasteiger partial charge in [-0.25, -0.2) is 0 Å². The minimum absolute atomic E-state index is 0.0355. The minimum atomic E-state index is -2.46. The highest BCUT2D eigenvalue weighted by atomic mass is 16.7. The van der Waals surface area contributed by atoms with Crippen molar-refractivity contribution in [2.45, 2.75) is 85.2 Å². The second-order valence-electron chi connectivity index (χ2n) is 17.1. The van der Waals surface area contributed by atoms with Crippen LogP contribution in [-0.4, -0.2) is 104 Å². The Bertz CT molecular complexity index is 2450. The third-order valence-electron chi connectivity index (χ3n) is 12.7. The molecule has 7 rings (SSSR count). The fourth-order valence-corrected chi connectivity index (χ4v) is 9.13. The van der Waals surface area contributed by atoms with Gasteiger partial charge in [0.25, 0.3) is 0 Å². The Morgan fingerprint density at radius 1 is 0.652 bits per heavy atom. The van der Waals surface area contributed by atoms with E-state index in [2.05, 4.69) is 10.0 Å². The van der Waals surface area contributed by atoms with Gasteiger partial charge in [0.1, 0.15) is 58.8 Å². The second kappa shape index (κ2) is 21.5. The van der Waals surface area contributed by atoms with Crippen LogP contribution < -0.4 is 9.47 Å². The number of nitrogens with zero attached hydrogens (tertiary/aromatic N) is 3. The Morgan fingerprint density at radius 3 is 1.59 bits per heavy atom. The van der Waals surface area contributed by atoms with Crippen LogP contribution in [-0.2, 0) is 41.6 Å². The summed E-state index contributed by atoms with van der Waals surface area (Å²) in [4.78, 5) is 3.16. The minimum Gasteiger partial charge on any atom is -0.497 e. The van der Waals surface area contributed by atoms with E-state index in [1.54, 1.807) is 140 Å². The molecule has 0 bridgehead atoms. The number of methoxy groups -OCH3 is 1. The molecule has 6 aromatic rings. The quantitative estimate of drug-likeness (QED) is 0.0268. The van der Waals surface area contributed by atoms with Crippen LogP contribution in [0.1, 0.15) is 27.8 Å². The van der Waals surface area contributed by atoms with Crippen LogP contribution in [0.15, 0.2) is 181 Å². The average molecular weight is 896 g/mol. The van der Waals surface area contributed by atoms with E-state index in [1.807, 2.05) is 36.4 Å². The van der Waals surface area contributed by atoms with E-state index >= 15 is 0 Å². The first-order chi connectivity index (χ1) is 31.9. The summed E-state index contributed by atoms with van der Waals surface area (Å²) in [6.45, 7) is -1.45. The van der Waals surface area contributed by atoms with E-state index < -0.39 is 66.3 Å². The van der Waals surface area contributed by atoms with Gasteiger partial charge in [0.05, 0.1) is 19.8 Å². The maximum Gasteiger partial charge on any atom is 0.170 e. The fourth-order valence-electron chi connectivity index (χ4n) is 9.13. The number of aliphatic hydroxyl groups is 6. The topological polar surface area (TPSA) is 207 Å². The van der Waals surface area contributed by atoms with Crippen molar-refractivity contribution in [1.82, 2.24) is 0 Å². The van der Waals surface area contributed by atoms with Crippen molar-refractivity contribution < 1.29 is 49.6 Å². The third-order valence-corrected chi connectivity index (χ3v) is 12.7. The number of aliphatic hydroxyl groups excluding tert-OH is 2. The first-order valence-corrected chi connectivity index (χ1v) is 21.9. The molecule has 0 aliphatic carbocycles. The molecule has 0 saturated carbocycles. The zero-order valence-electron chi connectivity index (χ0n) is 36.7. The molecule has 13 nitrogen and oxygen atoms in total. The zero-order valence-corrected chi connectivity index (χ0v) is 36.7. The van der Waals surface area contributed by atoms with Crippen LogP contribution >= 0.6 is 0 Å². The van der Waals surface area contributed by atoms with E-state index in [-0.39, 0.29) is 32.1 Å². The number of rotatable bonds is 21. The Hall–Kier alpha value is -6.09. The molecule has 1 saturated heterocycles. The molecule has 4 unspecified atom stereocenters. The first kappa shape index (κ1) is 47.9. The molecule has 1 aliphatic heterocycles. The first-order valence-electron chi connectivity index (χ1n) is 21.9. The van der Waals surface area contributed by atoms with Gasteiger partial charge in [0.2, 0.25) is 0 Å². The summed E-state index contributed by atoms with van der Waals surface area (Å²) in [5.74, 6) is 0.883. The summed E-state index contributed by atoms with van der Waals surface area (Å²) in [5, 5.41) is 81.1. The maximum atomic E-state index is 13.6. The molecule has 0 aromatic heterocycles. The van der Waals surface area contributed by atoms with Gasteiger partial charge < -0.3 is 49.6 Å². The van der Waals surface area contributed by atoms with Gasteiger partial charge in [0, 0.05) is 37.0 Å². The highest BCUT2D eigenvalue weighted by Crippen LogP contribution is 2.47. The van der Waals surface area contributed by atoms with Crippen LogP contribution in [0.3, 0.4) is 0 Å². The number of hydrogen-bond acceptors (Lipinski definition) is 11. The number of azide groups is 1. The molecule has 0 amide bonds. The van der Waals surface area contributed by atoms with Crippen LogP contribution in [0.25, 0.3) is 10.4 Å². The van der Waals surface area contributed by atoms with Gasteiger partial charge in [0.15, 0.2) is 6.29 Å². The Balaban J connectivity index is 1.41. The van der Waals surface area contributed by atoms with Crippen LogP contribution in [0.2, 0.25) is 0 Å². The highest BCUT2D eigenvalue weighted by molar-refractivity contribution is 5.33. The molecule has 6 N–H and O–H groups in total. The number of benzene rings is 6. The van der Waals surface area contributed by atoms with Crippen LogP contribution in [0, 0.1) is 0 Å². The Morgan fingerprint density at radius 2 is 1.11 bits per heavy atom. The summed E-state index contributed by atoms with van der Waals surface area (Å²) >= 11 is 0. The lowest BCUT2D eigenvalue weighted by molar-refractivity contribution is -0.363. The van der Waals surface area contributed by atoms with Crippen molar-refractivity contribution in [2.24, 2.45) is 5.11 Å². The van der Waals surface area contributed by atoms with Crippen molar-refractivity contribution in [3.63, 3.8) is 0 Å². The smallest absolute Gasteiger partial charge is 0.170 e. The number of hydrogen-bond donors (Lipinski definition) is 6. The molecule has 66 heavy (non-hydrogen) atoms. The summed E-state index contributed by atoms with van der Waals surface area (Å²) in [5.41, 5.74) is 3.66. The molecule has 1 heterocycles. The highest BCUT2D eigenvalue weighted by Gasteiger charge is 2.67. The molecule has 0 radical (unpaired) electrons. The average Bonchev–Trinajstić information content (AvgIpc) is 3.34. The normalized spacial score (nSPS) is 23.3. The Kier molecular flexibility index (Phi) is 15.6. The molecule has 0 spiro atoms. The maximum absolute atomic E-state index is 13.6. The van der Waals surface area contributed by atoms with Crippen molar-refractivity contribution in [3.8, 4) is 11.5 Å². The lowest BCUT2D eigenvalue weighted by atomic mass is 9.64. The van der Waals surface area contributed by atoms with E-state index in [9.17, 15) is 36.2 Å². The van der Waals surface area contributed by atoms with Crippen molar-refractivity contribution in [1.29, 1.82) is 0 Å². The summed E-state index contributed by atoms with van der Waals surface area (Å²) in [6, 6.07) is 49.4. The second-order valence-corrected chi connectivity index (χ2v) is 17.1. The molecule has 6 aromatic carbocycles.